The topological polar surface area (TPSA) is 58.2 Å². The second-order valence-corrected chi connectivity index (χ2v) is 8.82. The van der Waals surface area contributed by atoms with E-state index in [9.17, 15) is 8.42 Å². The summed E-state index contributed by atoms with van der Waals surface area (Å²) in [6.45, 7) is 2.97. The van der Waals surface area contributed by atoms with E-state index in [2.05, 4.69) is 17.0 Å². The molecule has 0 amide bonds. The van der Waals surface area contributed by atoms with E-state index in [-0.39, 0.29) is 18.4 Å². The number of hydrogen-bond acceptors (Lipinski definition) is 3. The summed E-state index contributed by atoms with van der Waals surface area (Å²) < 4.78 is 28.0. The van der Waals surface area contributed by atoms with Crippen molar-refractivity contribution in [1.82, 2.24) is 10.0 Å². The third kappa shape index (κ3) is 4.94. The molecular formula is C18H29ClN2O2S. The van der Waals surface area contributed by atoms with Gasteiger partial charge in [-0.25, -0.2) is 13.1 Å². The van der Waals surface area contributed by atoms with E-state index < -0.39 is 10.0 Å². The van der Waals surface area contributed by atoms with E-state index in [0.717, 1.165) is 19.4 Å². The fourth-order valence-corrected chi connectivity index (χ4v) is 5.16. The first-order valence-corrected chi connectivity index (χ1v) is 10.4. The minimum absolute atomic E-state index is 0. The van der Waals surface area contributed by atoms with Gasteiger partial charge in [-0.1, -0.05) is 31.4 Å². The molecule has 24 heavy (non-hydrogen) atoms. The Hall–Kier alpha value is -0.620. The minimum atomic E-state index is -3.41. The van der Waals surface area contributed by atoms with Crippen LogP contribution < -0.4 is 10.0 Å². The van der Waals surface area contributed by atoms with Crippen LogP contribution in [0.5, 0.6) is 0 Å². The van der Waals surface area contributed by atoms with Gasteiger partial charge < -0.3 is 5.32 Å². The average molecular weight is 373 g/mol. The zero-order valence-electron chi connectivity index (χ0n) is 14.3. The Bertz CT molecular complexity index is 612. The Morgan fingerprint density at radius 3 is 2.33 bits per heavy atom. The molecule has 136 valence electrons. The number of halogens is 1. The van der Waals surface area contributed by atoms with Crippen molar-refractivity contribution in [3.8, 4) is 0 Å². The Morgan fingerprint density at radius 1 is 1.04 bits per heavy atom. The summed E-state index contributed by atoms with van der Waals surface area (Å²) in [5.41, 5.74) is 1.29. The molecule has 1 aliphatic heterocycles. The first kappa shape index (κ1) is 19.7. The standard InChI is InChI=1S/C18H28N2O2S.ClH/c1-14-13-17(11-12-19-14)20-23(21,22)18-9-7-16(8-10-18)15-5-3-2-4-6-15;/h7-10,14-15,17,19-20H,2-6,11-13H2,1H3;1H. The highest BCUT2D eigenvalue weighted by Gasteiger charge is 2.24. The van der Waals surface area contributed by atoms with Gasteiger partial charge >= 0.3 is 0 Å². The highest BCUT2D eigenvalue weighted by atomic mass is 35.5. The van der Waals surface area contributed by atoms with Gasteiger partial charge in [0.1, 0.15) is 0 Å². The number of nitrogens with one attached hydrogen (secondary N) is 2. The van der Waals surface area contributed by atoms with Crippen molar-refractivity contribution >= 4 is 22.4 Å². The number of sulfonamides is 1. The molecule has 2 fully saturated rings. The summed E-state index contributed by atoms with van der Waals surface area (Å²) in [6.07, 6.45) is 8.08. The van der Waals surface area contributed by atoms with Crippen molar-refractivity contribution < 1.29 is 8.42 Å². The SMILES string of the molecule is CC1CC(NS(=O)(=O)c2ccc(C3CCCCC3)cc2)CCN1.Cl. The Kier molecular flexibility index (Phi) is 7.10. The minimum Gasteiger partial charge on any atom is -0.314 e. The first-order chi connectivity index (χ1) is 11.0. The lowest BCUT2D eigenvalue weighted by molar-refractivity contribution is 0.361. The van der Waals surface area contributed by atoms with Crippen molar-refractivity contribution in [2.75, 3.05) is 6.54 Å². The number of benzene rings is 1. The fraction of sp³-hybridized carbons (Fsp3) is 0.667. The molecule has 4 nitrogen and oxygen atoms in total. The van der Waals surface area contributed by atoms with Crippen molar-refractivity contribution in [2.45, 2.75) is 74.8 Å². The molecule has 0 aromatic heterocycles. The summed E-state index contributed by atoms with van der Waals surface area (Å²) >= 11 is 0. The second kappa shape index (κ2) is 8.65. The summed E-state index contributed by atoms with van der Waals surface area (Å²) in [7, 11) is -3.41. The molecule has 1 heterocycles. The smallest absolute Gasteiger partial charge is 0.240 e. The zero-order valence-corrected chi connectivity index (χ0v) is 16.0. The van der Waals surface area contributed by atoms with Crippen molar-refractivity contribution in [2.24, 2.45) is 0 Å². The molecule has 1 saturated carbocycles. The summed E-state index contributed by atoms with van der Waals surface area (Å²) in [5.74, 6) is 0.610. The van der Waals surface area contributed by atoms with Crippen LogP contribution in [0, 0.1) is 0 Å². The lowest BCUT2D eigenvalue weighted by Crippen LogP contribution is -2.46. The van der Waals surface area contributed by atoms with E-state index in [1.54, 1.807) is 12.1 Å². The molecule has 6 heteroatoms. The van der Waals surface area contributed by atoms with Crippen molar-refractivity contribution in [1.29, 1.82) is 0 Å². The van der Waals surface area contributed by atoms with Gasteiger partial charge in [0.2, 0.25) is 10.0 Å². The molecule has 0 bridgehead atoms. The van der Waals surface area contributed by atoms with Crippen LogP contribution in [0.3, 0.4) is 0 Å². The van der Waals surface area contributed by atoms with Gasteiger partial charge in [0.25, 0.3) is 0 Å². The maximum absolute atomic E-state index is 12.6. The van der Waals surface area contributed by atoms with Crippen LogP contribution in [0.2, 0.25) is 0 Å². The molecular weight excluding hydrogens is 344 g/mol. The van der Waals surface area contributed by atoms with Crippen LogP contribution in [-0.2, 0) is 10.0 Å². The van der Waals surface area contributed by atoms with E-state index in [1.165, 1.54) is 37.7 Å². The Balaban J connectivity index is 0.00000208. The zero-order chi connectivity index (χ0) is 16.3. The molecule has 3 rings (SSSR count). The Labute approximate surface area is 152 Å². The highest BCUT2D eigenvalue weighted by molar-refractivity contribution is 7.89. The molecule has 2 aliphatic rings. The predicted molar refractivity (Wildman–Crippen MR) is 100 cm³/mol. The molecule has 2 unspecified atom stereocenters. The molecule has 1 aromatic carbocycles. The molecule has 1 saturated heterocycles. The lowest BCUT2D eigenvalue weighted by Gasteiger charge is -2.28. The number of piperidine rings is 1. The quantitative estimate of drug-likeness (QED) is 0.849. The maximum atomic E-state index is 12.6. The summed E-state index contributed by atoms with van der Waals surface area (Å²) in [6, 6.07) is 7.97. The molecule has 0 radical (unpaired) electrons. The van der Waals surface area contributed by atoms with Gasteiger partial charge in [-0.3, -0.25) is 0 Å². The third-order valence-electron chi connectivity index (χ3n) is 5.21. The third-order valence-corrected chi connectivity index (χ3v) is 6.75. The van der Waals surface area contributed by atoms with Crippen molar-refractivity contribution in [3.05, 3.63) is 29.8 Å². The van der Waals surface area contributed by atoms with Gasteiger partial charge in [-0.05, 0) is 62.8 Å². The van der Waals surface area contributed by atoms with Crippen LogP contribution in [-0.4, -0.2) is 27.0 Å². The van der Waals surface area contributed by atoms with Gasteiger partial charge in [-0.2, -0.15) is 0 Å². The normalized spacial score (nSPS) is 25.9. The molecule has 2 N–H and O–H groups in total. The molecule has 1 aliphatic carbocycles. The lowest BCUT2D eigenvalue weighted by atomic mass is 9.84. The van der Waals surface area contributed by atoms with Crippen LogP contribution in [0.25, 0.3) is 0 Å². The fourth-order valence-electron chi connectivity index (χ4n) is 3.88. The van der Waals surface area contributed by atoms with Gasteiger partial charge in [-0.15, -0.1) is 12.4 Å². The van der Waals surface area contributed by atoms with Crippen molar-refractivity contribution in [3.63, 3.8) is 0 Å². The molecule has 1 aromatic rings. The van der Waals surface area contributed by atoms with E-state index in [0.29, 0.717) is 16.9 Å². The highest BCUT2D eigenvalue weighted by Crippen LogP contribution is 2.32. The van der Waals surface area contributed by atoms with E-state index >= 15 is 0 Å². The van der Waals surface area contributed by atoms with E-state index in [4.69, 9.17) is 0 Å². The Morgan fingerprint density at radius 2 is 1.71 bits per heavy atom. The second-order valence-electron chi connectivity index (χ2n) is 7.10. The van der Waals surface area contributed by atoms with Crippen LogP contribution >= 0.6 is 12.4 Å². The number of hydrogen-bond donors (Lipinski definition) is 2. The first-order valence-electron chi connectivity index (χ1n) is 8.90. The van der Waals surface area contributed by atoms with Crippen LogP contribution in [0.15, 0.2) is 29.2 Å². The van der Waals surface area contributed by atoms with Gasteiger partial charge in [0.05, 0.1) is 4.90 Å². The summed E-state index contributed by atoms with van der Waals surface area (Å²) in [4.78, 5) is 0.392. The predicted octanol–water partition coefficient (Wildman–Crippen LogP) is 3.57. The van der Waals surface area contributed by atoms with Crippen LogP contribution in [0.1, 0.15) is 63.4 Å². The van der Waals surface area contributed by atoms with E-state index in [1.807, 2.05) is 12.1 Å². The average Bonchev–Trinajstić information content (AvgIpc) is 2.55. The molecule has 0 spiro atoms. The largest absolute Gasteiger partial charge is 0.314 e. The number of rotatable bonds is 4. The van der Waals surface area contributed by atoms with Gasteiger partial charge in [0, 0.05) is 12.1 Å². The monoisotopic (exact) mass is 372 g/mol. The maximum Gasteiger partial charge on any atom is 0.240 e. The molecule has 2 atom stereocenters. The van der Waals surface area contributed by atoms with Crippen LogP contribution in [0.4, 0.5) is 0 Å². The summed E-state index contributed by atoms with van der Waals surface area (Å²) in [5, 5.41) is 3.35. The van der Waals surface area contributed by atoms with Gasteiger partial charge in [0.15, 0.2) is 0 Å².